The summed E-state index contributed by atoms with van der Waals surface area (Å²) < 4.78 is 23.9. The van der Waals surface area contributed by atoms with Crippen LogP contribution in [0, 0.1) is 11.6 Å². The number of aliphatic hydroxyl groups is 1. The van der Waals surface area contributed by atoms with Gasteiger partial charge in [0.05, 0.1) is 0 Å². The van der Waals surface area contributed by atoms with Gasteiger partial charge in [-0.05, 0) is 12.1 Å². The van der Waals surface area contributed by atoms with E-state index in [1.165, 1.54) is 12.1 Å². The fourth-order valence-corrected chi connectivity index (χ4v) is 0.439. The fraction of sp³-hybridized carbons (Fsp3) is 0.143. The average molecular weight is 146 g/mol. The van der Waals surface area contributed by atoms with Gasteiger partial charge in [0, 0.05) is 7.11 Å². The van der Waals surface area contributed by atoms with Gasteiger partial charge in [-0.25, -0.2) is 8.78 Å². The predicted octanol–water partition coefficient (Wildman–Crippen LogP) is 1.57. The lowest BCUT2D eigenvalue weighted by Gasteiger charge is -1.85. The van der Waals surface area contributed by atoms with Crippen LogP contribution in [0.2, 0.25) is 0 Å². The SMILES string of the molecule is CO.Fc1ccccc1F. The lowest BCUT2D eigenvalue weighted by atomic mass is 10.3. The Kier molecular flexibility index (Phi) is 4.41. The first-order chi connectivity index (χ1) is 4.80. The summed E-state index contributed by atoms with van der Waals surface area (Å²) in [7, 11) is 1.00. The summed E-state index contributed by atoms with van der Waals surface area (Å²) in [6, 6.07) is 5.04. The second-order valence-corrected chi connectivity index (χ2v) is 1.41. The molecule has 0 unspecified atom stereocenters. The number of benzene rings is 1. The standard InChI is InChI=1S/C6H4F2.CH4O/c7-5-3-1-2-4-6(5)8;1-2/h1-4H;2H,1H3. The van der Waals surface area contributed by atoms with Crippen molar-refractivity contribution < 1.29 is 13.9 Å². The molecule has 1 nitrogen and oxygen atoms in total. The number of rotatable bonds is 0. The van der Waals surface area contributed by atoms with Gasteiger partial charge in [0.15, 0.2) is 11.6 Å². The normalized spacial score (nSPS) is 8.00. The van der Waals surface area contributed by atoms with Crippen LogP contribution >= 0.6 is 0 Å². The Morgan fingerprint density at radius 3 is 1.50 bits per heavy atom. The second-order valence-electron chi connectivity index (χ2n) is 1.41. The Balaban J connectivity index is 0.000000371. The molecule has 1 N–H and O–H groups in total. The molecule has 1 aromatic rings. The first kappa shape index (κ1) is 9.04. The molecule has 0 saturated carbocycles. The van der Waals surface area contributed by atoms with Gasteiger partial charge < -0.3 is 5.11 Å². The van der Waals surface area contributed by atoms with Crippen molar-refractivity contribution in [1.29, 1.82) is 0 Å². The van der Waals surface area contributed by atoms with E-state index in [0.29, 0.717) is 0 Å². The van der Waals surface area contributed by atoms with E-state index in [0.717, 1.165) is 19.2 Å². The highest BCUT2D eigenvalue weighted by atomic mass is 19.2. The molecule has 0 heterocycles. The molecule has 10 heavy (non-hydrogen) atoms. The monoisotopic (exact) mass is 146 g/mol. The number of halogens is 2. The molecule has 0 saturated heterocycles. The van der Waals surface area contributed by atoms with Gasteiger partial charge in [0.25, 0.3) is 0 Å². The number of hydrogen-bond donors (Lipinski definition) is 1. The van der Waals surface area contributed by atoms with E-state index in [9.17, 15) is 8.78 Å². The quantitative estimate of drug-likeness (QED) is 0.589. The van der Waals surface area contributed by atoms with Crippen LogP contribution < -0.4 is 0 Å². The Morgan fingerprint density at radius 1 is 1.00 bits per heavy atom. The fourth-order valence-electron chi connectivity index (χ4n) is 0.439. The van der Waals surface area contributed by atoms with E-state index >= 15 is 0 Å². The van der Waals surface area contributed by atoms with Gasteiger partial charge in [-0.2, -0.15) is 0 Å². The lowest BCUT2D eigenvalue weighted by molar-refractivity contribution is 0.399. The summed E-state index contributed by atoms with van der Waals surface area (Å²) >= 11 is 0. The van der Waals surface area contributed by atoms with Crippen molar-refractivity contribution in [1.82, 2.24) is 0 Å². The Labute approximate surface area is 57.9 Å². The molecule has 0 fully saturated rings. The zero-order valence-electron chi connectivity index (χ0n) is 5.51. The maximum Gasteiger partial charge on any atom is 0.158 e. The van der Waals surface area contributed by atoms with Crippen molar-refractivity contribution >= 4 is 0 Å². The van der Waals surface area contributed by atoms with E-state index in [-0.39, 0.29) is 0 Å². The maximum atomic E-state index is 11.9. The average Bonchev–Trinajstić information content (AvgIpc) is 2.00. The van der Waals surface area contributed by atoms with Crippen LogP contribution in [0.5, 0.6) is 0 Å². The van der Waals surface area contributed by atoms with Crippen molar-refractivity contribution in [2.75, 3.05) is 7.11 Å². The van der Waals surface area contributed by atoms with Crippen molar-refractivity contribution in [3.63, 3.8) is 0 Å². The minimum Gasteiger partial charge on any atom is -0.400 e. The van der Waals surface area contributed by atoms with Crippen molar-refractivity contribution in [2.24, 2.45) is 0 Å². The zero-order valence-corrected chi connectivity index (χ0v) is 5.51. The highest BCUT2D eigenvalue weighted by molar-refractivity contribution is 5.05. The molecule has 0 aromatic heterocycles. The number of aliphatic hydroxyl groups excluding tert-OH is 1. The molecule has 0 aliphatic rings. The summed E-state index contributed by atoms with van der Waals surface area (Å²) in [6.07, 6.45) is 0. The van der Waals surface area contributed by atoms with E-state index in [1.54, 1.807) is 0 Å². The predicted molar refractivity (Wildman–Crippen MR) is 34.5 cm³/mol. The third-order valence-electron chi connectivity index (χ3n) is 0.824. The number of hydrogen-bond acceptors (Lipinski definition) is 1. The molecule has 0 radical (unpaired) electrons. The molecule has 0 aliphatic heterocycles. The van der Waals surface area contributed by atoms with Crippen molar-refractivity contribution in [3.8, 4) is 0 Å². The summed E-state index contributed by atoms with van der Waals surface area (Å²) in [5.74, 6) is -1.60. The second kappa shape index (κ2) is 4.88. The molecule has 0 spiro atoms. The van der Waals surface area contributed by atoms with E-state index in [2.05, 4.69) is 0 Å². The minimum atomic E-state index is -0.799. The Hall–Kier alpha value is -0.960. The summed E-state index contributed by atoms with van der Waals surface area (Å²) in [6.45, 7) is 0. The van der Waals surface area contributed by atoms with Gasteiger partial charge in [-0.3, -0.25) is 0 Å². The molecule has 3 heteroatoms. The Morgan fingerprint density at radius 2 is 1.30 bits per heavy atom. The third kappa shape index (κ3) is 2.55. The highest BCUT2D eigenvalue weighted by Crippen LogP contribution is 2.01. The summed E-state index contributed by atoms with van der Waals surface area (Å²) in [5.41, 5.74) is 0. The summed E-state index contributed by atoms with van der Waals surface area (Å²) in [5, 5.41) is 7.00. The van der Waals surface area contributed by atoms with Gasteiger partial charge in [0.1, 0.15) is 0 Å². The molecule has 0 aliphatic carbocycles. The molecule has 1 aromatic carbocycles. The smallest absolute Gasteiger partial charge is 0.158 e. The van der Waals surface area contributed by atoms with Crippen molar-refractivity contribution in [3.05, 3.63) is 35.9 Å². The van der Waals surface area contributed by atoms with Crippen molar-refractivity contribution in [2.45, 2.75) is 0 Å². The van der Waals surface area contributed by atoms with E-state index in [4.69, 9.17) is 5.11 Å². The third-order valence-corrected chi connectivity index (χ3v) is 0.824. The Bertz CT molecular complexity index is 168. The van der Waals surface area contributed by atoms with Gasteiger partial charge in [-0.1, -0.05) is 12.1 Å². The van der Waals surface area contributed by atoms with Crippen LogP contribution in [0.15, 0.2) is 24.3 Å². The molecule has 0 bridgehead atoms. The van der Waals surface area contributed by atoms with Gasteiger partial charge in [-0.15, -0.1) is 0 Å². The molecule has 0 atom stereocenters. The molecular formula is C7H8F2O. The van der Waals surface area contributed by atoms with Crippen LogP contribution in [0.1, 0.15) is 0 Å². The van der Waals surface area contributed by atoms with Crippen LogP contribution in [0.4, 0.5) is 8.78 Å². The molecule has 56 valence electrons. The maximum absolute atomic E-state index is 11.9. The molecule has 0 amide bonds. The van der Waals surface area contributed by atoms with Crippen LogP contribution in [-0.4, -0.2) is 12.2 Å². The van der Waals surface area contributed by atoms with Crippen LogP contribution in [0.25, 0.3) is 0 Å². The molecule has 1 rings (SSSR count). The summed E-state index contributed by atoms with van der Waals surface area (Å²) in [4.78, 5) is 0. The lowest BCUT2D eigenvalue weighted by Crippen LogP contribution is -1.77. The van der Waals surface area contributed by atoms with Gasteiger partial charge in [0.2, 0.25) is 0 Å². The van der Waals surface area contributed by atoms with E-state index in [1.807, 2.05) is 0 Å². The van der Waals surface area contributed by atoms with Crippen LogP contribution in [-0.2, 0) is 0 Å². The van der Waals surface area contributed by atoms with Gasteiger partial charge >= 0.3 is 0 Å². The first-order valence-electron chi connectivity index (χ1n) is 2.65. The minimum absolute atomic E-state index is 0.799. The largest absolute Gasteiger partial charge is 0.400 e. The highest BCUT2D eigenvalue weighted by Gasteiger charge is 1.93. The first-order valence-corrected chi connectivity index (χ1v) is 2.65. The topological polar surface area (TPSA) is 20.2 Å². The molecular weight excluding hydrogens is 138 g/mol. The zero-order chi connectivity index (χ0) is 7.98. The van der Waals surface area contributed by atoms with E-state index < -0.39 is 11.6 Å². The van der Waals surface area contributed by atoms with Crippen LogP contribution in [0.3, 0.4) is 0 Å².